The zero-order chi connectivity index (χ0) is 23.4. The molecule has 0 aliphatic carbocycles. The van der Waals surface area contributed by atoms with Crippen LogP contribution in [0.5, 0.6) is 0 Å². The molecule has 0 atom stereocenters. The zero-order valence-electron chi connectivity index (χ0n) is 17.5. The number of nitrogens with zero attached hydrogens (tertiary/aromatic N) is 2. The molecule has 0 unspecified atom stereocenters. The highest BCUT2D eigenvalue weighted by Gasteiger charge is 2.29. The van der Waals surface area contributed by atoms with Crippen LogP contribution < -0.4 is 10.6 Å². The number of carbonyl (C=O) groups excluding carboxylic acids is 2. The van der Waals surface area contributed by atoms with Crippen LogP contribution in [-0.2, 0) is 26.0 Å². The first-order valence-electron chi connectivity index (χ1n) is 10.2. The third-order valence-electron chi connectivity index (χ3n) is 5.02. The number of sulfonamides is 1. The molecule has 172 valence electrons. The number of nitrogens with one attached hydrogen (secondary N) is 2. The van der Waals surface area contributed by atoms with Gasteiger partial charge >= 0.3 is 0 Å². The number of oxazole rings is 1. The number of aromatic nitrogens is 1. The molecule has 11 heteroatoms. The summed E-state index contributed by atoms with van der Waals surface area (Å²) in [7, 11) is -3.85. The molecule has 2 N–H and O–H groups in total. The Morgan fingerprint density at radius 3 is 2.82 bits per heavy atom. The van der Waals surface area contributed by atoms with Crippen molar-refractivity contribution >= 4 is 39.1 Å². The molecule has 1 aliphatic heterocycles. The van der Waals surface area contributed by atoms with Gasteiger partial charge in [0.1, 0.15) is 0 Å². The second-order valence-corrected chi connectivity index (χ2v) is 9.71. The first-order valence-corrected chi connectivity index (χ1v) is 12.0. The van der Waals surface area contributed by atoms with E-state index in [1.807, 2.05) is 18.2 Å². The van der Waals surface area contributed by atoms with Crippen LogP contribution >= 0.6 is 11.6 Å². The Morgan fingerprint density at radius 2 is 2.03 bits per heavy atom. The summed E-state index contributed by atoms with van der Waals surface area (Å²) in [5.74, 6) is 0.234. The Labute approximate surface area is 195 Å². The number of hydrogen-bond donors (Lipinski definition) is 2. The fourth-order valence-corrected chi connectivity index (χ4v) is 5.03. The molecule has 2 aromatic carbocycles. The summed E-state index contributed by atoms with van der Waals surface area (Å²) in [6, 6.07) is 13.2. The van der Waals surface area contributed by atoms with Gasteiger partial charge in [-0.25, -0.2) is 13.4 Å². The van der Waals surface area contributed by atoms with E-state index in [0.717, 1.165) is 4.31 Å². The molecule has 0 saturated carbocycles. The molecule has 2 heterocycles. The average molecular weight is 489 g/mol. The Kier molecular flexibility index (Phi) is 6.77. The van der Waals surface area contributed by atoms with Gasteiger partial charge in [-0.15, -0.1) is 0 Å². The van der Waals surface area contributed by atoms with Crippen LogP contribution in [0.1, 0.15) is 12.3 Å². The van der Waals surface area contributed by atoms with Crippen LogP contribution in [0.25, 0.3) is 11.3 Å². The van der Waals surface area contributed by atoms with Gasteiger partial charge in [-0.2, -0.15) is 4.31 Å². The van der Waals surface area contributed by atoms with Crippen LogP contribution in [0.3, 0.4) is 0 Å². The largest absolute Gasteiger partial charge is 0.441 e. The molecule has 0 spiro atoms. The fraction of sp³-hybridized carbons (Fsp3) is 0.227. The van der Waals surface area contributed by atoms with Crippen molar-refractivity contribution in [2.24, 2.45) is 0 Å². The topological polar surface area (TPSA) is 122 Å². The van der Waals surface area contributed by atoms with Crippen molar-refractivity contribution in [2.75, 3.05) is 25.0 Å². The number of benzene rings is 2. The van der Waals surface area contributed by atoms with Crippen LogP contribution in [0.15, 0.2) is 64.0 Å². The standard InChI is InChI=1S/C22H21ClN4O5S/c23-18-7-2-1-6-17(18)19-13-25-22(32-19)9-8-20(28)26-15-4-3-5-16(12-15)33(30,31)27-11-10-24-21(29)14-27/h1-7,12-13H,8-11,14H2,(H,24,29)(H,26,28). The zero-order valence-corrected chi connectivity index (χ0v) is 19.0. The number of carbonyl (C=O) groups is 2. The molecule has 1 fully saturated rings. The lowest BCUT2D eigenvalue weighted by molar-refractivity contribution is -0.122. The first kappa shape index (κ1) is 23.0. The van der Waals surface area contributed by atoms with Gasteiger partial charge in [0.2, 0.25) is 21.8 Å². The normalized spacial score (nSPS) is 14.6. The lowest BCUT2D eigenvalue weighted by Crippen LogP contribution is -2.49. The first-order chi connectivity index (χ1) is 15.8. The van der Waals surface area contributed by atoms with Gasteiger partial charge in [0, 0.05) is 37.2 Å². The predicted molar refractivity (Wildman–Crippen MR) is 122 cm³/mol. The number of halogens is 1. The number of anilines is 1. The molecular formula is C22H21ClN4O5S. The van der Waals surface area contributed by atoms with Gasteiger partial charge < -0.3 is 15.1 Å². The lowest BCUT2D eigenvalue weighted by atomic mass is 10.2. The van der Waals surface area contributed by atoms with E-state index >= 15 is 0 Å². The summed E-state index contributed by atoms with van der Waals surface area (Å²) >= 11 is 6.17. The molecule has 1 aromatic heterocycles. The van der Waals surface area contributed by atoms with Gasteiger partial charge in [-0.1, -0.05) is 29.8 Å². The highest BCUT2D eigenvalue weighted by Crippen LogP contribution is 2.28. The van der Waals surface area contributed by atoms with Crippen LogP contribution in [-0.4, -0.2) is 49.2 Å². The van der Waals surface area contributed by atoms with E-state index in [-0.39, 0.29) is 49.2 Å². The predicted octanol–water partition coefficient (Wildman–Crippen LogP) is 2.69. The summed E-state index contributed by atoms with van der Waals surface area (Å²) < 4.78 is 32.5. The molecule has 0 bridgehead atoms. The maximum absolute atomic E-state index is 12.8. The van der Waals surface area contributed by atoms with Gasteiger partial charge in [-0.05, 0) is 30.3 Å². The monoisotopic (exact) mass is 488 g/mol. The number of piperazine rings is 1. The van der Waals surface area contributed by atoms with E-state index in [0.29, 0.717) is 27.9 Å². The van der Waals surface area contributed by atoms with E-state index in [4.69, 9.17) is 16.0 Å². The lowest BCUT2D eigenvalue weighted by Gasteiger charge is -2.26. The summed E-state index contributed by atoms with van der Waals surface area (Å²) in [5, 5.41) is 5.82. The van der Waals surface area contributed by atoms with Gasteiger partial charge in [0.25, 0.3) is 0 Å². The van der Waals surface area contributed by atoms with Crippen LogP contribution in [0.2, 0.25) is 5.02 Å². The molecule has 2 amide bonds. The highest BCUT2D eigenvalue weighted by atomic mass is 35.5. The third kappa shape index (κ3) is 5.41. The van der Waals surface area contributed by atoms with Gasteiger partial charge in [0.15, 0.2) is 11.7 Å². The van der Waals surface area contributed by atoms with Gasteiger partial charge in [-0.3, -0.25) is 9.59 Å². The SMILES string of the molecule is O=C1CN(S(=O)(=O)c2cccc(NC(=O)CCc3ncc(-c4ccccc4Cl)o3)c2)CCN1. The Bertz CT molecular complexity index is 1290. The molecule has 3 aromatic rings. The molecule has 33 heavy (non-hydrogen) atoms. The average Bonchev–Trinajstić information content (AvgIpc) is 3.27. The highest BCUT2D eigenvalue weighted by molar-refractivity contribution is 7.89. The van der Waals surface area contributed by atoms with Crippen molar-refractivity contribution in [2.45, 2.75) is 17.7 Å². The maximum atomic E-state index is 12.8. The van der Waals surface area contributed by atoms with Crippen molar-refractivity contribution in [1.29, 1.82) is 0 Å². The third-order valence-corrected chi connectivity index (χ3v) is 7.19. The minimum atomic E-state index is -3.85. The minimum absolute atomic E-state index is 0.00656. The van der Waals surface area contributed by atoms with Crippen molar-refractivity contribution in [3.05, 3.63) is 65.6 Å². The summed E-state index contributed by atoms with van der Waals surface area (Å²) in [6.07, 6.45) is 1.91. The number of amides is 2. The summed E-state index contributed by atoms with van der Waals surface area (Å²) in [5.41, 5.74) is 1.05. The second kappa shape index (κ2) is 9.74. The molecule has 1 aliphatic rings. The van der Waals surface area contributed by atoms with Crippen LogP contribution in [0.4, 0.5) is 5.69 Å². The Hall–Kier alpha value is -3.21. The van der Waals surface area contributed by atoms with E-state index in [1.54, 1.807) is 18.3 Å². The van der Waals surface area contributed by atoms with E-state index in [2.05, 4.69) is 15.6 Å². The van der Waals surface area contributed by atoms with Crippen molar-refractivity contribution < 1.29 is 22.4 Å². The van der Waals surface area contributed by atoms with Gasteiger partial charge in [0.05, 0.1) is 22.7 Å². The van der Waals surface area contributed by atoms with E-state index in [9.17, 15) is 18.0 Å². The summed E-state index contributed by atoms with van der Waals surface area (Å²) in [4.78, 5) is 28.2. The Balaban J connectivity index is 1.38. The van der Waals surface area contributed by atoms with Crippen LogP contribution in [0, 0.1) is 0 Å². The number of rotatable bonds is 7. The molecule has 9 nitrogen and oxygen atoms in total. The quantitative estimate of drug-likeness (QED) is 0.527. The molecule has 4 rings (SSSR count). The fourth-order valence-electron chi connectivity index (χ4n) is 3.36. The minimum Gasteiger partial charge on any atom is -0.441 e. The molecule has 1 saturated heterocycles. The summed E-state index contributed by atoms with van der Waals surface area (Å²) in [6.45, 7) is 0.218. The maximum Gasteiger partial charge on any atom is 0.243 e. The van der Waals surface area contributed by atoms with E-state index in [1.165, 1.54) is 18.2 Å². The van der Waals surface area contributed by atoms with E-state index < -0.39 is 10.0 Å². The van der Waals surface area contributed by atoms with Crippen molar-refractivity contribution in [3.8, 4) is 11.3 Å². The smallest absolute Gasteiger partial charge is 0.243 e. The molecule has 0 radical (unpaired) electrons. The van der Waals surface area contributed by atoms with Crippen molar-refractivity contribution in [1.82, 2.24) is 14.6 Å². The number of aryl methyl sites for hydroxylation is 1. The number of hydrogen-bond acceptors (Lipinski definition) is 6. The van der Waals surface area contributed by atoms with Crippen molar-refractivity contribution in [3.63, 3.8) is 0 Å². The second-order valence-electron chi connectivity index (χ2n) is 7.36. The Morgan fingerprint density at radius 1 is 1.21 bits per heavy atom. The molecular weight excluding hydrogens is 468 g/mol.